The van der Waals surface area contributed by atoms with Crippen LogP contribution in [0.5, 0.6) is 0 Å². The summed E-state index contributed by atoms with van der Waals surface area (Å²) in [4.78, 5) is 11.9. The van der Waals surface area contributed by atoms with Gasteiger partial charge in [-0.05, 0) is 74.4 Å². The van der Waals surface area contributed by atoms with E-state index in [2.05, 4.69) is 10.2 Å². The van der Waals surface area contributed by atoms with Crippen molar-refractivity contribution in [1.29, 1.82) is 0 Å². The van der Waals surface area contributed by atoms with Crippen LogP contribution in [0.25, 0.3) is 27.5 Å². The van der Waals surface area contributed by atoms with Crippen LogP contribution in [0.4, 0.5) is 8.78 Å². The van der Waals surface area contributed by atoms with Crippen LogP contribution in [0.1, 0.15) is 55.7 Å². The summed E-state index contributed by atoms with van der Waals surface area (Å²) in [5.74, 6) is -1.51. The van der Waals surface area contributed by atoms with E-state index in [1.54, 1.807) is 25.3 Å². The van der Waals surface area contributed by atoms with Crippen molar-refractivity contribution in [2.75, 3.05) is 13.2 Å². The maximum Gasteiger partial charge on any atom is 0.309 e. The SMILES string of the molecule is CC1(C(=O)O)CC(c2c(C3CCOCC3)n(-c3ccc(F)cc3)c3cc4cn[nH]c4c(F)c23)C1. The zero-order valence-corrected chi connectivity index (χ0v) is 18.8. The number of H-pyrrole nitrogens is 1. The number of fused-ring (bicyclic) bond motifs is 2. The van der Waals surface area contributed by atoms with Crippen LogP contribution in [-0.2, 0) is 9.53 Å². The Morgan fingerprint density at radius 1 is 1.18 bits per heavy atom. The zero-order chi connectivity index (χ0) is 23.6. The predicted octanol–water partition coefficient (Wildman–Crippen LogP) is 5.65. The van der Waals surface area contributed by atoms with Gasteiger partial charge < -0.3 is 14.4 Å². The summed E-state index contributed by atoms with van der Waals surface area (Å²) in [6.45, 7) is 2.97. The van der Waals surface area contributed by atoms with E-state index in [1.807, 2.05) is 10.6 Å². The number of hydrogen-bond donors (Lipinski definition) is 2. The van der Waals surface area contributed by atoms with Crippen molar-refractivity contribution in [3.05, 3.63) is 59.4 Å². The van der Waals surface area contributed by atoms with Crippen LogP contribution in [0.15, 0.2) is 36.5 Å². The zero-order valence-electron chi connectivity index (χ0n) is 18.8. The number of ether oxygens (including phenoxy) is 1. The molecule has 2 N–H and O–H groups in total. The second-order valence-electron chi connectivity index (χ2n) is 9.89. The Morgan fingerprint density at radius 2 is 1.88 bits per heavy atom. The lowest BCUT2D eigenvalue weighted by atomic mass is 9.60. The van der Waals surface area contributed by atoms with Crippen molar-refractivity contribution in [2.24, 2.45) is 5.41 Å². The summed E-state index contributed by atoms with van der Waals surface area (Å²) in [6.07, 6.45) is 4.06. The van der Waals surface area contributed by atoms with Crippen molar-refractivity contribution in [2.45, 2.75) is 44.4 Å². The number of carboxylic acid groups (broad SMARTS) is 1. The molecule has 176 valence electrons. The van der Waals surface area contributed by atoms with E-state index >= 15 is 4.39 Å². The van der Waals surface area contributed by atoms with Gasteiger partial charge >= 0.3 is 5.97 Å². The van der Waals surface area contributed by atoms with E-state index in [-0.39, 0.29) is 23.5 Å². The highest BCUT2D eigenvalue weighted by Crippen LogP contribution is 2.56. The van der Waals surface area contributed by atoms with E-state index < -0.39 is 11.4 Å². The molecule has 2 fully saturated rings. The Labute approximate surface area is 194 Å². The fourth-order valence-corrected chi connectivity index (χ4v) is 5.91. The smallest absolute Gasteiger partial charge is 0.309 e. The lowest BCUT2D eigenvalue weighted by Crippen LogP contribution is -2.40. The number of aromatic amines is 1. The number of benzene rings is 2. The Bertz CT molecular complexity index is 1410. The molecule has 4 aromatic rings. The molecule has 0 unspecified atom stereocenters. The molecule has 1 aliphatic heterocycles. The van der Waals surface area contributed by atoms with Gasteiger partial charge in [-0.1, -0.05) is 0 Å². The number of rotatable bonds is 4. The van der Waals surface area contributed by atoms with Gasteiger partial charge in [0, 0.05) is 41.3 Å². The molecule has 34 heavy (non-hydrogen) atoms. The Balaban J connectivity index is 1.68. The molecule has 6 rings (SSSR count). The number of nitrogens with zero attached hydrogens (tertiary/aromatic N) is 2. The molecule has 0 spiro atoms. The second-order valence-corrected chi connectivity index (χ2v) is 9.89. The van der Waals surface area contributed by atoms with E-state index in [9.17, 15) is 14.3 Å². The van der Waals surface area contributed by atoms with Crippen molar-refractivity contribution in [1.82, 2.24) is 14.8 Å². The molecule has 0 atom stereocenters. The van der Waals surface area contributed by atoms with Gasteiger partial charge in [-0.3, -0.25) is 9.89 Å². The van der Waals surface area contributed by atoms with Crippen LogP contribution in [0, 0.1) is 17.0 Å². The third kappa shape index (κ3) is 3.08. The first-order chi connectivity index (χ1) is 16.4. The first-order valence-corrected chi connectivity index (χ1v) is 11.6. The van der Waals surface area contributed by atoms with Gasteiger partial charge in [0.2, 0.25) is 0 Å². The Hall–Kier alpha value is -3.26. The molecular formula is C26H25F2N3O3. The molecule has 0 radical (unpaired) electrons. The number of carbonyl (C=O) groups is 1. The molecule has 0 amide bonds. The lowest BCUT2D eigenvalue weighted by molar-refractivity contribution is -0.154. The fraction of sp³-hybridized carbons (Fsp3) is 0.385. The van der Waals surface area contributed by atoms with Gasteiger partial charge in [0.1, 0.15) is 11.3 Å². The monoisotopic (exact) mass is 465 g/mol. The highest BCUT2D eigenvalue weighted by molar-refractivity contribution is 6.00. The minimum Gasteiger partial charge on any atom is -0.481 e. The third-order valence-corrected chi connectivity index (χ3v) is 7.69. The van der Waals surface area contributed by atoms with Crippen LogP contribution in [-0.4, -0.2) is 39.1 Å². The quantitative estimate of drug-likeness (QED) is 0.408. The maximum atomic E-state index is 16.1. The van der Waals surface area contributed by atoms with Crippen molar-refractivity contribution < 1.29 is 23.4 Å². The molecule has 3 heterocycles. The van der Waals surface area contributed by atoms with Crippen molar-refractivity contribution in [3.63, 3.8) is 0 Å². The minimum absolute atomic E-state index is 0.0852. The highest BCUT2D eigenvalue weighted by Gasteiger charge is 2.49. The van der Waals surface area contributed by atoms with E-state index in [4.69, 9.17) is 4.74 Å². The first-order valence-electron chi connectivity index (χ1n) is 11.6. The number of aromatic nitrogens is 3. The van der Waals surface area contributed by atoms with Crippen LogP contribution in [0.3, 0.4) is 0 Å². The second kappa shape index (κ2) is 7.63. The van der Waals surface area contributed by atoms with Crippen molar-refractivity contribution >= 4 is 27.8 Å². The summed E-state index contributed by atoms with van der Waals surface area (Å²) in [5.41, 5.74) is 2.82. The van der Waals surface area contributed by atoms with Gasteiger partial charge in [-0.15, -0.1) is 0 Å². The van der Waals surface area contributed by atoms with Gasteiger partial charge in [-0.25, -0.2) is 8.78 Å². The number of halogens is 2. The largest absolute Gasteiger partial charge is 0.481 e. The summed E-state index contributed by atoms with van der Waals surface area (Å²) < 4.78 is 37.6. The van der Waals surface area contributed by atoms with Gasteiger partial charge in [-0.2, -0.15) is 5.10 Å². The number of hydrogen-bond acceptors (Lipinski definition) is 3. The summed E-state index contributed by atoms with van der Waals surface area (Å²) in [5, 5.41) is 17.7. The molecule has 2 aliphatic rings. The number of nitrogens with one attached hydrogen (secondary N) is 1. The van der Waals surface area contributed by atoms with E-state index in [1.165, 1.54) is 12.1 Å². The Kier molecular flexibility index (Phi) is 4.78. The normalized spacial score (nSPS) is 23.4. The average molecular weight is 466 g/mol. The molecule has 0 bridgehead atoms. The molecule has 2 aromatic heterocycles. The molecule has 2 aromatic carbocycles. The fourth-order valence-electron chi connectivity index (χ4n) is 5.91. The summed E-state index contributed by atoms with van der Waals surface area (Å²) in [6, 6.07) is 8.16. The number of carboxylic acids is 1. The molecule has 1 saturated carbocycles. The van der Waals surface area contributed by atoms with E-state index in [0.29, 0.717) is 47.9 Å². The van der Waals surface area contributed by atoms with Crippen LogP contribution >= 0.6 is 0 Å². The summed E-state index contributed by atoms with van der Waals surface area (Å²) in [7, 11) is 0. The molecule has 1 saturated heterocycles. The number of aliphatic carboxylic acids is 1. The highest BCUT2D eigenvalue weighted by atomic mass is 19.1. The molecular weight excluding hydrogens is 440 g/mol. The predicted molar refractivity (Wildman–Crippen MR) is 123 cm³/mol. The minimum atomic E-state index is -0.824. The standard InChI is InChI=1S/C26H25F2N3O3/c1-26(25(32)33)11-16(12-26)20-21-19(10-15-13-29-30-23(15)22(21)28)31(18-4-2-17(27)3-5-18)24(20)14-6-8-34-9-7-14/h2-5,10,13-14,16H,6-9,11-12H2,1H3,(H,29,30)(H,32,33). The van der Waals surface area contributed by atoms with Crippen molar-refractivity contribution in [3.8, 4) is 5.69 Å². The lowest BCUT2D eigenvalue weighted by Gasteiger charge is -2.43. The maximum absolute atomic E-state index is 16.1. The van der Waals surface area contributed by atoms with Gasteiger partial charge in [0.05, 0.1) is 17.1 Å². The first kappa shape index (κ1) is 21.3. The molecule has 8 heteroatoms. The third-order valence-electron chi connectivity index (χ3n) is 7.69. The van der Waals surface area contributed by atoms with Gasteiger partial charge in [0.25, 0.3) is 0 Å². The van der Waals surface area contributed by atoms with Crippen LogP contribution in [0.2, 0.25) is 0 Å². The summed E-state index contributed by atoms with van der Waals surface area (Å²) >= 11 is 0. The van der Waals surface area contributed by atoms with Crippen LogP contribution < -0.4 is 0 Å². The Morgan fingerprint density at radius 3 is 2.56 bits per heavy atom. The molecule has 1 aliphatic carbocycles. The van der Waals surface area contributed by atoms with Gasteiger partial charge in [0.15, 0.2) is 5.82 Å². The average Bonchev–Trinajstić information content (AvgIpc) is 3.41. The van der Waals surface area contributed by atoms with E-state index in [0.717, 1.165) is 29.8 Å². The topological polar surface area (TPSA) is 80.1 Å². The molecule has 6 nitrogen and oxygen atoms in total.